The molecule has 0 amide bonds. The molecule has 0 atom stereocenters. The van der Waals surface area contributed by atoms with Crippen molar-refractivity contribution in [2.75, 3.05) is 0 Å². The van der Waals surface area contributed by atoms with Gasteiger partial charge in [-0.05, 0) is 35.9 Å². The molecule has 92 valence electrons. The molecule has 19 heavy (non-hydrogen) atoms. The van der Waals surface area contributed by atoms with Crippen LogP contribution in [0.3, 0.4) is 0 Å². The highest BCUT2D eigenvalue weighted by Gasteiger charge is 2.10. The number of carbonyl (C=O) groups is 1. The molecule has 1 aliphatic rings. The SMILES string of the molecule is C=CC(=O)Oc1ccc(-c2ccc3cc2N=N3)cc1. The molecule has 0 fully saturated rings. The Kier molecular flexibility index (Phi) is 2.68. The van der Waals surface area contributed by atoms with E-state index in [1.165, 1.54) is 0 Å². The van der Waals surface area contributed by atoms with Crippen LogP contribution < -0.4 is 4.74 Å². The average Bonchev–Trinajstić information content (AvgIpc) is 2.82. The van der Waals surface area contributed by atoms with Crippen molar-refractivity contribution >= 4 is 17.3 Å². The van der Waals surface area contributed by atoms with Crippen molar-refractivity contribution in [3.8, 4) is 16.9 Å². The summed E-state index contributed by atoms with van der Waals surface area (Å²) in [5.74, 6) is 0.0211. The van der Waals surface area contributed by atoms with Gasteiger partial charge in [0.2, 0.25) is 0 Å². The van der Waals surface area contributed by atoms with Gasteiger partial charge in [-0.1, -0.05) is 18.7 Å². The maximum atomic E-state index is 11.1. The first-order chi connectivity index (χ1) is 9.26. The third kappa shape index (κ3) is 2.15. The fraction of sp³-hybridized carbons (Fsp3) is 0. The van der Waals surface area contributed by atoms with E-state index >= 15 is 0 Å². The second kappa shape index (κ2) is 4.49. The number of fused-ring (bicyclic) bond motifs is 2. The van der Waals surface area contributed by atoms with Crippen LogP contribution in [0.4, 0.5) is 11.4 Å². The highest BCUT2D eigenvalue weighted by Crippen LogP contribution is 2.39. The van der Waals surface area contributed by atoms with E-state index in [4.69, 9.17) is 4.74 Å². The molecule has 0 radical (unpaired) electrons. The molecule has 4 nitrogen and oxygen atoms in total. The van der Waals surface area contributed by atoms with Crippen LogP contribution in [0.1, 0.15) is 0 Å². The summed E-state index contributed by atoms with van der Waals surface area (Å²) in [6, 6.07) is 13.1. The summed E-state index contributed by atoms with van der Waals surface area (Å²) in [7, 11) is 0. The lowest BCUT2D eigenvalue weighted by Crippen LogP contribution is -2.02. The minimum atomic E-state index is -0.468. The third-order valence-electron chi connectivity index (χ3n) is 2.80. The highest BCUT2D eigenvalue weighted by atomic mass is 16.5. The van der Waals surface area contributed by atoms with Gasteiger partial charge in [-0.3, -0.25) is 0 Å². The Morgan fingerprint density at radius 3 is 2.63 bits per heavy atom. The Bertz CT molecular complexity index is 688. The van der Waals surface area contributed by atoms with Gasteiger partial charge in [0.1, 0.15) is 5.75 Å². The van der Waals surface area contributed by atoms with E-state index in [0.29, 0.717) is 5.75 Å². The Labute approximate surface area is 110 Å². The zero-order valence-electron chi connectivity index (χ0n) is 10.0. The van der Waals surface area contributed by atoms with Gasteiger partial charge in [0, 0.05) is 11.6 Å². The maximum Gasteiger partial charge on any atom is 0.335 e. The van der Waals surface area contributed by atoms with E-state index in [1.807, 2.05) is 30.3 Å². The van der Waals surface area contributed by atoms with Crippen molar-refractivity contribution in [1.29, 1.82) is 0 Å². The molecule has 4 heteroatoms. The van der Waals surface area contributed by atoms with Crippen LogP contribution in [0.25, 0.3) is 11.1 Å². The number of hydrogen-bond donors (Lipinski definition) is 0. The molecule has 0 saturated carbocycles. The molecular formula is C15H10N2O2. The summed E-state index contributed by atoms with van der Waals surface area (Å²) in [5.41, 5.74) is 3.73. The first-order valence-corrected chi connectivity index (χ1v) is 5.77. The van der Waals surface area contributed by atoms with E-state index in [0.717, 1.165) is 28.6 Å². The van der Waals surface area contributed by atoms with Crippen molar-refractivity contribution in [2.24, 2.45) is 10.2 Å². The predicted molar refractivity (Wildman–Crippen MR) is 71.9 cm³/mol. The van der Waals surface area contributed by atoms with Gasteiger partial charge in [-0.2, -0.15) is 5.11 Å². The van der Waals surface area contributed by atoms with E-state index in [1.54, 1.807) is 12.1 Å². The van der Waals surface area contributed by atoms with E-state index < -0.39 is 5.97 Å². The zero-order chi connectivity index (χ0) is 13.2. The average molecular weight is 250 g/mol. The smallest absolute Gasteiger partial charge is 0.335 e. The molecule has 0 unspecified atom stereocenters. The Morgan fingerprint density at radius 2 is 1.89 bits per heavy atom. The van der Waals surface area contributed by atoms with Crippen LogP contribution in [-0.2, 0) is 4.79 Å². The maximum absolute atomic E-state index is 11.1. The molecule has 3 rings (SSSR count). The molecule has 1 aliphatic heterocycles. The van der Waals surface area contributed by atoms with Crippen molar-refractivity contribution in [1.82, 2.24) is 0 Å². The number of rotatable bonds is 3. The lowest BCUT2D eigenvalue weighted by molar-refractivity contribution is -0.128. The first-order valence-electron chi connectivity index (χ1n) is 5.77. The summed E-state index contributed by atoms with van der Waals surface area (Å²) in [6.07, 6.45) is 1.13. The van der Waals surface area contributed by atoms with Crippen LogP contribution in [0, 0.1) is 0 Å². The van der Waals surface area contributed by atoms with Crippen LogP contribution >= 0.6 is 0 Å². The number of esters is 1. The zero-order valence-corrected chi connectivity index (χ0v) is 10.0. The molecule has 0 aromatic heterocycles. The summed E-state index contributed by atoms with van der Waals surface area (Å²) in [6.45, 7) is 3.35. The lowest BCUT2D eigenvalue weighted by atomic mass is 10.0. The van der Waals surface area contributed by atoms with Gasteiger partial charge < -0.3 is 4.74 Å². The fourth-order valence-corrected chi connectivity index (χ4v) is 1.88. The summed E-state index contributed by atoms with van der Waals surface area (Å²) in [5, 5.41) is 8.09. The first kappa shape index (κ1) is 11.3. The second-order valence-corrected chi connectivity index (χ2v) is 4.05. The number of nitrogens with zero attached hydrogens (tertiary/aromatic N) is 2. The van der Waals surface area contributed by atoms with Gasteiger partial charge in [0.15, 0.2) is 0 Å². The van der Waals surface area contributed by atoms with Crippen LogP contribution in [0.15, 0.2) is 65.3 Å². The Morgan fingerprint density at radius 1 is 1.11 bits per heavy atom. The summed E-state index contributed by atoms with van der Waals surface area (Å²) < 4.78 is 5.02. The number of ether oxygens (including phenoxy) is 1. The number of azo groups is 1. The topological polar surface area (TPSA) is 51.0 Å². The fourth-order valence-electron chi connectivity index (χ4n) is 1.88. The molecule has 2 bridgehead atoms. The van der Waals surface area contributed by atoms with Gasteiger partial charge in [0.25, 0.3) is 0 Å². The number of hydrogen-bond acceptors (Lipinski definition) is 4. The molecule has 0 spiro atoms. The van der Waals surface area contributed by atoms with Crippen molar-refractivity contribution in [3.05, 3.63) is 55.1 Å². The molecular weight excluding hydrogens is 240 g/mol. The summed E-state index contributed by atoms with van der Waals surface area (Å²) >= 11 is 0. The predicted octanol–water partition coefficient (Wildman–Crippen LogP) is 4.17. The monoisotopic (exact) mass is 250 g/mol. The second-order valence-electron chi connectivity index (χ2n) is 4.05. The normalized spacial score (nSPS) is 11.4. The van der Waals surface area contributed by atoms with Crippen LogP contribution in [0.2, 0.25) is 0 Å². The van der Waals surface area contributed by atoms with Crippen molar-refractivity contribution in [3.63, 3.8) is 0 Å². The van der Waals surface area contributed by atoms with Gasteiger partial charge in [-0.25, -0.2) is 4.79 Å². The van der Waals surface area contributed by atoms with Crippen molar-refractivity contribution in [2.45, 2.75) is 0 Å². The van der Waals surface area contributed by atoms with E-state index in [-0.39, 0.29) is 0 Å². The Balaban J connectivity index is 1.89. The molecule has 0 aliphatic carbocycles. The van der Waals surface area contributed by atoms with E-state index in [2.05, 4.69) is 16.8 Å². The quantitative estimate of drug-likeness (QED) is 0.398. The van der Waals surface area contributed by atoms with Gasteiger partial charge >= 0.3 is 5.97 Å². The summed E-state index contributed by atoms with van der Waals surface area (Å²) in [4.78, 5) is 11.1. The standard InChI is InChI=1S/C15H10N2O2/c1-2-15(18)19-12-6-3-10(4-7-12)13-8-5-11-9-14(13)17-16-11/h2-9H,1H2. The molecule has 2 aromatic rings. The van der Waals surface area contributed by atoms with Crippen LogP contribution in [0.5, 0.6) is 5.75 Å². The number of benzene rings is 2. The molecule has 1 heterocycles. The largest absolute Gasteiger partial charge is 0.423 e. The van der Waals surface area contributed by atoms with E-state index in [9.17, 15) is 4.79 Å². The van der Waals surface area contributed by atoms with Crippen LogP contribution in [-0.4, -0.2) is 5.97 Å². The minimum Gasteiger partial charge on any atom is -0.423 e. The van der Waals surface area contributed by atoms with Gasteiger partial charge in [-0.15, -0.1) is 5.11 Å². The lowest BCUT2D eigenvalue weighted by Gasteiger charge is -2.05. The Hall–Kier alpha value is -2.75. The number of carbonyl (C=O) groups excluding carboxylic acids is 1. The molecule has 0 N–H and O–H groups in total. The highest BCUT2D eigenvalue weighted by molar-refractivity contribution is 5.84. The molecule has 0 saturated heterocycles. The molecule has 2 aromatic carbocycles. The van der Waals surface area contributed by atoms with Crippen molar-refractivity contribution < 1.29 is 9.53 Å². The van der Waals surface area contributed by atoms with Gasteiger partial charge in [0.05, 0.1) is 11.4 Å². The minimum absolute atomic E-state index is 0.468. The third-order valence-corrected chi connectivity index (χ3v) is 2.80.